The number of rotatable bonds is 5. The van der Waals surface area contributed by atoms with Crippen LogP contribution in [0.2, 0.25) is 0 Å². The maximum Gasteiger partial charge on any atom is 0.417 e. The first kappa shape index (κ1) is 36.5. The standard InChI is InChI=1S/C32H31F6N3O2.2ClH/c33-31(34,35)26-9-10-29(32(36,37)38)28(21-26)30(42)41-14-13-40(12-4-3-11-39-15-17-43-18-16-39)22-27(41)20-23-7-8-24-5-1-2-6-25(24)19-23;;/h1-2,5-10,19,21,27H,11-18,20,22H2;2*1H/t27-;;/m1../s1. The molecule has 2 fully saturated rings. The average Bonchev–Trinajstić information content (AvgIpc) is 2.98. The number of piperazine rings is 1. The maximum atomic E-state index is 13.9. The Balaban J connectivity index is 0.00000276. The van der Waals surface area contributed by atoms with Crippen LogP contribution in [-0.2, 0) is 23.5 Å². The molecule has 2 heterocycles. The van der Waals surface area contributed by atoms with E-state index in [1.165, 1.54) is 4.90 Å². The molecule has 0 saturated carbocycles. The minimum atomic E-state index is -5.00. The highest BCUT2D eigenvalue weighted by Gasteiger charge is 2.41. The van der Waals surface area contributed by atoms with Gasteiger partial charge < -0.3 is 9.64 Å². The molecule has 244 valence electrons. The van der Waals surface area contributed by atoms with E-state index in [0.29, 0.717) is 64.0 Å². The summed E-state index contributed by atoms with van der Waals surface area (Å²) in [5.41, 5.74) is -2.82. The Morgan fingerprint density at radius 3 is 2.11 bits per heavy atom. The van der Waals surface area contributed by atoms with Crippen molar-refractivity contribution in [1.29, 1.82) is 0 Å². The number of fused-ring (bicyclic) bond motifs is 1. The summed E-state index contributed by atoms with van der Waals surface area (Å²) in [4.78, 5) is 19.2. The van der Waals surface area contributed by atoms with Gasteiger partial charge in [-0.2, -0.15) is 26.3 Å². The molecule has 5 rings (SSSR count). The molecule has 45 heavy (non-hydrogen) atoms. The van der Waals surface area contributed by atoms with Crippen LogP contribution in [-0.4, -0.2) is 85.7 Å². The van der Waals surface area contributed by atoms with Gasteiger partial charge in [-0.1, -0.05) is 54.3 Å². The van der Waals surface area contributed by atoms with Crippen molar-refractivity contribution < 1.29 is 35.9 Å². The molecule has 0 unspecified atom stereocenters. The quantitative estimate of drug-likeness (QED) is 0.231. The Bertz CT molecular complexity index is 1520. The lowest BCUT2D eigenvalue weighted by molar-refractivity contribution is -0.141. The highest BCUT2D eigenvalue weighted by Crippen LogP contribution is 2.37. The molecule has 3 aromatic rings. The third-order valence-corrected chi connectivity index (χ3v) is 7.83. The second-order valence-corrected chi connectivity index (χ2v) is 10.8. The van der Waals surface area contributed by atoms with E-state index in [-0.39, 0.29) is 31.4 Å². The van der Waals surface area contributed by atoms with E-state index in [1.54, 1.807) is 0 Å². The topological polar surface area (TPSA) is 36.0 Å². The molecule has 0 bridgehead atoms. The van der Waals surface area contributed by atoms with Gasteiger partial charge in [0.25, 0.3) is 5.91 Å². The number of halogens is 8. The molecule has 13 heteroatoms. The zero-order valence-electron chi connectivity index (χ0n) is 24.2. The van der Waals surface area contributed by atoms with Crippen LogP contribution in [0.15, 0.2) is 60.7 Å². The summed E-state index contributed by atoms with van der Waals surface area (Å²) in [5, 5.41) is 1.98. The third-order valence-electron chi connectivity index (χ3n) is 7.83. The van der Waals surface area contributed by atoms with E-state index in [9.17, 15) is 31.1 Å². The molecule has 1 amide bonds. The largest absolute Gasteiger partial charge is 0.417 e. The summed E-state index contributed by atoms with van der Waals surface area (Å²) in [6.07, 6.45) is -9.59. The summed E-state index contributed by atoms with van der Waals surface area (Å²) in [6, 6.07) is 13.9. The molecule has 0 radical (unpaired) electrons. The summed E-state index contributed by atoms with van der Waals surface area (Å²) in [5.74, 6) is 5.25. The fourth-order valence-electron chi connectivity index (χ4n) is 5.54. The van der Waals surface area contributed by atoms with Crippen LogP contribution in [0.1, 0.15) is 27.0 Å². The summed E-state index contributed by atoms with van der Waals surface area (Å²) >= 11 is 0. The number of morpholine rings is 1. The zero-order chi connectivity index (χ0) is 30.6. The first-order chi connectivity index (χ1) is 20.5. The predicted octanol–water partition coefficient (Wildman–Crippen LogP) is 6.43. The highest BCUT2D eigenvalue weighted by atomic mass is 35.5. The Hall–Kier alpha value is -3.01. The molecule has 0 N–H and O–H groups in total. The first-order valence-corrected chi connectivity index (χ1v) is 14.0. The Kier molecular flexibility index (Phi) is 12.6. The van der Waals surface area contributed by atoms with Gasteiger partial charge >= 0.3 is 12.4 Å². The zero-order valence-corrected chi connectivity index (χ0v) is 25.8. The van der Waals surface area contributed by atoms with Crippen LogP contribution in [0.4, 0.5) is 26.3 Å². The van der Waals surface area contributed by atoms with Crippen LogP contribution in [0.5, 0.6) is 0 Å². The number of alkyl halides is 6. The minimum Gasteiger partial charge on any atom is -0.379 e. The van der Waals surface area contributed by atoms with Crippen molar-refractivity contribution in [2.75, 3.05) is 59.0 Å². The number of nitrogens with zero attached hydrogens (tertiary/aromatic N) is 3. The number of carbonyl (C=O) groups excluding carboxylic acids is 1. The average molecular weight is 677 g/mol. The van der Waals surface area contributed by atoms with Crippen molar-refractivity contribution in [3.63, 3.8) is 0 Å². The second-order valence-electron chi connectivity index (χ2n) is 10.8. The van der Waals surface area contributed by atoms with E-state index in [2.05, 4.69) is 16.7 Å². The number of carbonyl (C=O) groups is 1. The van der Waals surface area contributed by atoms with Gasteiger partial charge in [0.15, 0.2) is 0 Å². The first-order valence-electron chi connectivity index (χ1n) is 14.0. The third kappa shape index (κ3) is 9.27. The monoisotopic (exact) mass is 675 g/mol. The molecule has 2 aliphatic rings. The Morgan fingerprint density at radius 2 is 1.44 bits per heavy atom. The number of benzene rings is 3. The van der Waals surface area contributed by atoms with Crippen LogP contribution in [0.3, 0.4) is 0 Å². The summed E-state index contributed by atoms with van der Waals surface area (Å²) in [7, 11) is 0. The lowest BCUT2D eigenvalue weighted by Gasteiger charge is -2.41. The normalized spacial score (nSPS) is 18.0. The van der Waals surface area contributed by atoms with Crippen LogP contribution in [0, 0.1) is 11.8 Å². The van der Waals surface area contributed by atoms with Gasteiger partial charge in [-0.25, -0.2) is 0 Å². The number of hydrogen-bond acceptors (Lipinski definition) is 4. The molecular weight excluding hydrogens is 643 g/mol. The molecule has 1 atom stereocenters. The summed E-state index contributed by atoms with van der Waals surface area (Å²) < 4.78 is 87.4. The van der Waals surface area contributed by atoms with Gasteiger partial charge in [-0.05, 0) is 41.0 Å². The number of hydrogen-bond donors (Lipinski definition) is 0. The second kappa shape index (κ2) is 15.5. The van der Waals surface area contributed by atoms with Gasteiger partial charge in [0, 0.05) is 38.8 Å². The maximum absolute atomic E-state index is 13.9. The molecule has 2 saturated heterocycles. The van der Waals surface area contributed by atoms with E-state index < -0.39 is 41.0 Å². The van der Waals surface area contributed by atoms with E-state index in [1.807, 2.05) is 47.4 Å². The number of ether oxygens (including phenoxy) is 1. The lowest BCUT2D eigenvalue weighted by atomic mass is 9.96. The van der Waals surface area contributed by atoms with E-state index in [4.69, 9.17) is 4.74 Å². The van der Waals surface area contributed by atoms with Gasteiger partial charge in [0.1, 0.15) is 0 Å². The molecule has 0 aromatic heterocycles. The molecule has 0 spiro atoms. The molecule has 0 aliphatic carbocycles. The fourth-order valence-corrected chi connectivity index (χ4v) is 5.54. The van der Waals surface area contributed by atoms with Gasteiger partial charge in [0.05, 0.1) is 43.0 Å². The van der Waals surface area contributed by atoms with Crippen molar-refractivity contribution in [2.24, 2.45) is 0 Å². The molecular formula is C32H33Cl2F6N3O2. The van der Waals surface area contributed by atoms with Crippen molar-refractivity contribution in [3.8, 4) is 11.8 Å². The van der Waals surface area contributed by atoms with Crippen LogP contribution < -0.4 is 0 Å². The van der Waals surface area contributed by atoms with Crippen molar-refractivity contribution in [2.45, 2.75) is 24.8 Å². The van der Waals surface area contributed by atoms with Gasteiger partial charge in [0.2, 0.25) is 0 Å². The Morgan fingerprint density at radius 1 is 0.778 bits per heavy atom. The summed E-state index contributed by atoms with van der Waals surface area (Å²) in [6.45, 7) is 4.62. The molecule has 5 nitrogen and oxygen atoms in total. The smallest absolute Gasteiger partial charge is 0.379 e. The van der Waals surface area contributed by atoms with Crippen LogP contribution >= 0.6 is 24.8 Å². The van der Waals surface area contributed by atoms with E-state index >= 15 is 0 Å². The SMILES string of the molecule is Cl.Cl.O=C(c1cc(C(F)(F)F)ccc1C(F)(F)F)N1CCN(CC#CCN2CCOCC2)C[C@H]1Cc1ccc2ccccc2c1. The van der Waals surface area contributed by atoms with Crippen molar-refractivity contribution in [3.05, 3.63) is 82.9 Å². The van der Waals surface area contributed by atoms with Crippen LogP contribution in [0.25, 0.3) is 10.8 Å². The molecule has 2 aliphatic heterocycles. The number of amides is 1. The highest BCUT2D eigenvalue weighted by molar-refractivity contribution is 5.96. The molecule has 3 aromatic carbocycles. The van der Waals surface area contributed by atoms with Crippen molar-refractivity contribution in [1.82, 2.24) is 14.7 Å². The fraction of sp³-hybridized carbons (Fsp3) is 0.406. The lowest BCUT2D eigenvalue weighted by Crippen LogP contribution is -2.56. The van der Waals surface area contributed by atoms with E-state index in [0.717, 1.165) is 29.4 Å². The van der Waals surface area contributed by atoms with Gasteiger partial charge in [-0.15, -0.1) is 24.8 Å². The minimum absolute atomic E-state index is 0. The van der Waals surface area contributed by atoms with Crippen molar-refractivity contribution >= 4 is 41.5 Å². The van der Waals surface area contributed by atoms with Gasteiger partial charge in [-0.3, -0.25) is 14.6 Å². The Labute approximate surface area is 270 Å². The predicted molar refractivity (Wildman–Crippen MR) is 165 cm³/mol.